The molecule has 2 saturated heterocycles. The van der Waals surface area contributed by atoms with Crippen molar-refractivity contribution in [1.82, 2.24) is 4.90 Å². The minimum absolute atomic E-state index is 0.0299. The third kappa shape index (κ3) is 3.20. The lowest BCUT2D eigenvalue weighted by atomic mass is 9.97. The second-order valence-corrected chi connectivity index (χ2v) is 5.16. The third-order valence-corrected chi connectivity index (χ3v) is 3.75. The SMILES string of the molecule is NC(=O)C1CCCN(CC2CCC(C(=O)O)O2)C1. The van der Waals surface area contributed by atoms with Gasteiger partial charge >= 0.3 is 5.97 Å². The summed E-state index contributed by atoms with van der Waals surface area (Å²) in [6, 6.07) is 0. The van der Waals surface area contributed by atoms with Gasteiger partial charge < -0.3 is 15.6 Å². The second-order valence-electron chi connectivity index (χ2n) is 5.16. The first-order chi connectivity index (χ1) is 8.56. The summed E-state index contributed by atoms with van der Waals surface area (Å²) >= 11 is 0. The quantitative estimate of drug-likeness (QED) is 0.727. The highest BCUT2D eigenvalue weighted by molar-refractivity contribution is 5.77. The number of nitrogens with two attached hydrogens (primary N) is 1. The Hall–Kier alpha value is -1.14. The van der Waals surface area contributed by atoms with Crippen molar-refractivity contribution in [2.24, 2.45) is 11.7 Å². The zero-order valence-corrected chi connectivity index (χ0v) is 10.4. The number of carboxylic acids is 1. The molecule has 102 valence electrons. The molecular formula is C12H20N2O4. The molecule has 2 aliphatic heterocycles. The predicted molar refractivity (Wildman–Crippen MR) is 63.9 cm³/mol. The molecule has 6 heteroatoms. The molecule has 2 heterocycles. The number of ether oxygens (including phenoxy) is 1. The van der Waals surface area contributed by atoms with Gasteiger partial charge in [-0.25, -0.2) is 4.79 Å². The summed E-state index contributed by atoms with van der Waals surface area (Å²) in [4.78, 5) is 24.1. The van der Waals surface area contributed by atoms with Gasteiger partial charge in [0, 0.05) is 13.1 Å². The predicted octanol–water partition coefficient (Wildman–Crippen LogP) is -0.184. The van der Waals surface area contributed by atoms with Crippen LogP contribution in [0.25, 0.3) is 0 Å². The van der Waals surface area contributed by atoms with E-state index in [2.05, 4.69) is 4.90 Å². The van der Waals surface area contributed by atoms with E-state index in [0.29, 0.717) is 19.5 Å². The zero-order valence-electron chi connectivity index (χ0n) is 10.4. The number of piperidine rings is 1. The second kappa shape index (κ2) is 5.67. The molecule has 0 bridgehead atoms. The number of aliphatic carboxylic acids is 1. The van der Waals surface area contributed by atoms with Crippen LogP contribution in [0, 0.1) is 5.92 Å². The molecule has 3 atom stereocenters. The van der Waals surface area contributed by atoms with Gasteiger partial charge in [-0.15, -0.1) is 0 Å². The first kappa shape index (κ1) is 13.3. The van der Waals surface area contributed by atoms with Crippen LogP contribution in [0.3, 0.4) is 0 Å². The van der Waals surface area contributed by atoms with Crippen LogP contribution < -0.4 is 5.73 Å². The zero-order chi connectivity index (χ0) is 13.1. The maximum atomic E-state index is 11.2. The fourth-order valence-corrected chi connectivity index (χ4v) is 2.76. The molecule has 0 aliphatic carbocycles. The van der Waals surface area contributed by atoms with Gasteiger partial charge in [-0.1, -0.05) is 0 Å². The maximum Gasteiger partial charge on any atom is 0.332 e. The van der Waals surface area contributed by atoms with Crippen LogP contribution in [0.1, 0.15) is 25.7 Å². The largest absolute Gasteiger partial charge is 0.479 e. The van der Waals surface area contributed by atoms with Crippen LogP contribution >= 0.6 is 0 Å². The van der Waals surface area contributed by atoms with Crippen LogP contribution in [-0.2, 0) is 14.3 Å². The van der Waals surface area contributed by atoms with Crippen molar-refractivity contribution in [2.45, 2.75) is 37.9 Å². The van der Waals surface area contributed by atoms with E-state index in [0.717, 1.165) is 25.8 Å². The fourth-order valence-electron chi connectivity index (χ4n) is 2.76. The van der Waals surface area contributed by atoms with Crippen LogP contribution in [-0.4, -0.2) is 53.7 Å². The lowest BCUT2D eigenvalue weighted by Gasteiger charge is -2.32. The average molecular weight is 256 g/mol. The normalized spacial score (nSPS) is 33.4. The Bertz CT molecular complexity index is 334. The van der Waals surface area contributed by atoms with E-state index in [1.165, 1.54) is 0 Å². The summed E-state index contributed by atoms with van der Waals surface area (Å²) in [6.45, 7) is 2.31. The van der Waals surface area contributed by atoms with Crippen molar-refractivity contribution in [1.29, 1.82) is 0 Å². The number of rotatable bonds is 4. The molecule has 3 N–H and O–H groups in total. The van der Waals surface area contributed by atoms with E-state index >= 15 is 0 Å². The molecule has 0 aromatic heterocycles. The smallest absolute Gasteiger partial charge is 0.332 e. The molecule has 2 rings (SSSR count). The Labute approximate surface area is 106 Å². The number of primary amides is 1. The lowest BCUT2D eigenvalue weighted by molar-refractivity contribution is -0.149. The molecule has 2 aliphatic rings. The van der Waals surface area contributed by atoms with Gasteiger partial charge in [-0.3, -0.25) is 9.69 Å². The van der Waals surface area contributed by atoms with Gasteiger partial charge in [0.25, 0.3) is 0 Å². The Morgan fingerprint density at radius 1 is 1.33 bits per heavy atom. The number of hydrogen-bond acceptors (Lipinski definition) is 4. The van der Waals surface area contributed by atoms with E-state index in [9.17, 15) is 9.59 Å². The highest BCUT2D eigenvalue weighted by Gasteiger charge is 2.33. The van der Waals surface area contributed by atoms with Crippen LogP contribution in [0.5, 0.6) is 0 Å². The van der Waals surface area contributed by atoms with E-state index in [-0.39, 0.29) is 17.9 Å². The highest BCUT2D eigenvalue weighted by Crippen LogP contribution is 2.23. The summed E-state index contributed by atoms with van der Waals surface area (Å²) in [7, 11) is 0. The number of nitrogens with zero attached hydrogens (tertiary/aromatic N) is 1. The Balaban J connectivity index is 1.80. The average Bonchev–Trinajstić information content (AvgIpc) is 2.78. The van der Waals surface area contributed by atoms with E-state index in [1.807, 2.05) is 0 Å². The van der Waals surface area contributed by atoms with Crippen LogP contribution in [0.2, 0.25) is 0 Å². The van der Waals surface area contributed by atoms with Crippen molar-refractivity contribution >= 4 is 11.9 Å². The standard InChI is InChI=1S/C12H20N2O4/c13-11(15)8-2-1-5-14(6-8)7-9-3-4-10(18-9)12(16)17/h8-10H,1-7H2,(H2,13,15)(H,16,17). The van der Waals surface area contributed by atoms with Crippen molar-refractivity contribution in [2.75, 3.05) is 19.6 Å². The molecule has 0 aromatic carbocycles. The van der Waals surface area contributed by atoms with Gasteiger partial charge in [0.05, 0.1) is 12.0 Å². The molecule has 3 unspecified atom stereocenters. The topological polar surface area (TPSA) is 92.9 Å². The summed E-state index contributed by atoms with van der Waals surface area (Å²) in [5.41, 5.74) is 5.32. The number of carbonyl (C=O) groups is 2. The van der Waals surface area contributed by atoms with Crippen LogP contribution in [0.15, 0.2) is 0 Å². The van der Waals surface area contributed by atoms with Gasteiger partial charge in [-0.05, 0) is 32.2 Å². The number of carboxylic acid groups (broad SMARTS) is 1. The molecule has 2 fully saturated rings. The fraction of sp³-hybridized carbons (Fsp3) is 0.833. The minimum atomic E-state index is -0.883. The van der Waals surface area contributed by atoms with E-state index in [1.54, 1.807) is 0 Å². The highest BCUT2D eigenvalue weighted by atomic mass is 16.5. The van der Waals surface area contributed by atoms with Gasteiger partial charge in [0.2, 0.25) is 5.91 Å². The minimum Gasteiger partial charge on any atom is -0.479 e. The molecular weight excluding hydrogens is 236 g/mol. The van der Waals surface area contributed by atoms with Crippen molar-refractivity contribution < 1.29 is 19.4 Å². The number of amides is 1. The molecule has 18 heavy (non-hydrogen) atoms. The summed E-state index contributed by atoms with van der Waals surface area (Å²) < 4.78 is 5.46. The van der Waals surface area contributed by atoms with Gasteiger partial charge in [0.15, 0.2) is 6.10 Å². The van der Waals surface area contributed by atoms with Gasteiger partial charge in [0.1, 0.15) is 0 Å². The maximum absolute atomic E-state index is 11.2. The summed E-state index contributed by atoms with van der Waals surface area (Å²) in [5, 5.41) is 8.85. The monoisotopic (exact) mass is 256 g/mol. The molecule has 0 aromatic rings. The van der Waals surface area contributed by atoms with Crippen molar-refractivity contribution in [3.8, 4) is 0 Å². The summed E-state index contributed by atoms with van der Waals surface area (Å²) in [6.07, 6.45) is 2.48. The Morgan fingerprint density at radius 2 is 2.11 bits per heavy atom. The van der Waals surface area contributed by atoms with Crippen molar-refractivity contribution in [3.63, 3.8) is 0 Å². The number of likely N-dealkylation sites (tertiary alicyclic amines) is 1. The first-order valence-corrected chi connectivity index (χ1v) is 6.46. The molecule has 1 amide bonds. The van der Waals surface area contributed by atoms with E-state index in [4.69, 9.17) is 15.6 Å². The molecule has 6 nitrogen and oxygen atoms in total. The summed E-state index contributed by atoms with van der Waals surface area (Å²) in [5.74, 6) is -1.20. The number of hydrogen-bond donors (Lipinski definition) is 2. The molecule has 0 saturated carbocycles. The number of carbonyl (C=O) groups excluding carboxylic acids is 1. The van der Waals surface area contributed by atoms with Crippen LogP contribution in [0.4, 0.5) is 0 Å². The Morgan fingerprint density at radius 3 is 2.72 bits per heavy atom. The van der Waals surface area contributed by atoms with Gasteiger partial charge in [-0.2, -0.15) is 0 Å². The Kier molecular flexibility index (Phi) is 4.19. The first-order valence-electron chi connectivity index (χ1n) is 6.46. The van der Waals surface area contributed by atoms with E-state index < -0.39 is 12.1 Å². The molecule has 0 radical (unpaired) electrons. The molecule has 0 spiro atoms. The third-order valence-electron chi connectivity index (χ3n) is 3.75. The lowest BCUT2D eigenvalue weighted by Crippen LogP contribution is -2.44. The van der Waals surface area contributed by atoms with Crippen molar-refractivity contribution in [3.05, 3.63) is 0 Å².